The quantitative estimate of drug-likeness (QED) is 0.0824. The Balaban J connectivity index is 0.000000120. The summed E-state index contributed by atoms with van der Waals surface area (Å²) >= 11 is 19.9. The summed E-state index contributed by atoms with van der Waals surface area (Å²) in [6.07, 6.45) is 18.8. The summed E-state index contributed by atoms with van der Waals surface area (Å²) in [5.41, 5.74) is 36.4. The highest BCUT2D eigenvalue weighted by molar-refractivity contribution is 6.39. The van der Waals surface area contributed by atoms with E-state index in [1.807, 2.05) is 77.0 Å². The molecule has 0 radical (unpaired) electrons. The minimum absolute atomic E-state index is 0.0179. The largest absolute Gasteiger partial charge is 0.376 e. The number of nitrogens with zero attached hydrogens (tertiary/aromatic N) is 22. The molecular formula is C91H118Cl3N27O7. The number of rotatable bonds is 12. The van der Waals surface area contributed by atoms with Crippen molar-refractivity contribution in [3.05, 3.63) is 185 Å². The van der Waals surface area contributed by atoms with Crippen LogP contribution in [-0.2, 0) is 68.6 Å². The first-order valence-electron chi connectivity index (χ1n) is 44.7. The molecule has 7 saturated heterocycles. The van der Waals surface area contributed by atoms with Crippen LogP contribution < -0.4 is 79.9 Å². The smallest absolute Gasteiger partial charge is 0.264 e. The maximum absolute atomic E-state index is 13.5. The highest BCUT2D eigenvalue weighted by Crippen LogP contribution is 2.50. The fourth-order valence-corrected chi connectivity index (χ4v) is 22.4. The Morgan fingerprint density at radius 1 is 0.430 bits per heavy atom. The maximum atomic E-state index is 13.5. The molecule has 34 nitrogen and oxygen atoms in total. The van der Waals surface area contributed by atoms with E-state index in [1.165, 1.54) is 6.42 Å². The highest BCUT2D eigenvalue weighted by Gasteiger charge is 2.52. The van der Waals surface area contributed by atoms with Gasteiger partial charge in [-0.05, 0) is 134 Å². The van der Waals surface area contributed by atoms with Crippen LogP contribution in [0.1, 0.15) is 166 Å². The molecule has 8 aromatic rings. The Bertz CT molecular complexity index is 5840. The van der Waals surface area contributed by atoms with Crippen molar-refractivity contribution in [2.45, 2.75) is 167 Å². The van der Waals surface area contributed by atoms with Crippen LogP contribution in [-0.4, -0.2) is 230 Å². The van der Waals surface area contributed by atoms with Crippen LogP contribution in [0.5, 0.6) is 0 Å². The molecule has 680 valence electrons. The van der Waals surface area contributed by atoms with Crippen molar-refractivity contribution < 1.29 is 14.2 Å². The van der Waals surface area contributed by atoms with E-state index < -0.39 is 0 Å². The lowest BCUT2D eigenvalue weighted by Gasteiger charge is -2.42. The van der Waals surface area contributed by atoms with E-state index in [9.17, 15) is 19.2 Å². The van der Waals surface area contributed by atoms with E-state index in [4.69, 9.17) is 91.9 Å². The highest BCUT2D eigenvalue weighted by atomic mass is 35.5. The summed E-state index contributed by atoms with van der Waals surface area (Å²) in [7, 11) is 14.7. The van der Waals surface area contributed by atoms with Crippen LogP contribution in [0.3, 0.4) is 0 Å². The van der Waals surface area contributed by atoms with E-state index in [2.05, 4.69) is 78.7 Å². The number of hydrogen-bond donors (Lipinski definition) is 5. The van der Waals surface area contributed by atoms with Crippen molar-refractivity contribution in [3.8, 4) is 0 Å². The van der Waals surface area contributed by atoms with Gasteiger partial charge in [-0.2, -0.15) is 0 Å². The summed E-state index contributed by atoms with van der Waals surface area (Å²) in [6, 6.07) is 9.59. The Morgan fingerprint density at radius 3 is 1.03 bits per heavy atom. The van der Waals surface area contributed by atoms with Crippen molar-refractivity contribution in [1.29, 1.82) is 0 Å². The van der Waals surface area contributed by atoms with Gasteiger partial charge in [-0.1, -0.05) is 41.7 Å². The van der Waals surface area contributed by atoms with Crippen LogP contribution in [0.25, 0.3) is 0 Å². The average molecular weight is 1810 g/mol. The maximum Gasteiger partial charge on any atom is 0.264 e. The normalized spacial score (nSPS) is 24.1. The Labute approximate surface area is 759 Å². The van der Waals surface area contributed by atoms with Gasteiger partial charge in [0.15, 0.2) is 0 Å². The fraction of sp³-hybridized carbons (Fsp3) is 0.560. The van der Waals surface area contributed by atoms with E-state index in [0.717, 1.165) is 140 Å². The standard InChI is InChI=1S/C24H32ClN7O.2C23H30ClN7O2.C21H26N6O2/c1-14-11-17(26)24(12-14)6-9-32(10-7-24)23-29-16-13-28-20(18(16)22(33)31(23)4)15-5-8-27-21(19(15)25)30(2)3;1-13-19(25)23(12-33-13)6-9-31(10-7-23)22-28-15-11-27-18(16(15)21(32)30(22)4)14-5-8-26-20(17(14)24)29(2)3;1-4-26-20-17(24)14(5-8-27-20)18-16-15(11-28-18)29-22(30(3)21(16)32)31-9-6-23(7-10-31)12-33-13(2)19(23)25;1-13-18(22)21(12-29-13)5-9-27(10-6-21)20-25-15-11-24-17(14-3-7-23-8-4-14)16(15)19(28)26(20)2/h5,8,14,17H,6-7,9-13,26H2,1-4H3;5,8,13,19H,6-7,9-12,25H2,1-4H3;5,8,13,19H,4,6-7,9-12,25H2,1-3H3,(H,26,27);3-4,7-8,13,18H,5-6,9-12,22H2,1-2H3/t14-,17+;2*13-,19+;13-,18+/m0000/s1. The molecule has 0 amide bonds. The lowest BCUT2D eigenvalue weighted by molar-refractivity contribution is 0.0972. The van der Waals surface area contributed by atoms with Crippen LogP contribution in [0, 0.1) is 27.6 Å². The topological polar surface area (TPSA) is 404 Å². The van der Waals surface area contributed by atoms with E-state index >= 15 is 0 Å². The molecular weight excluding hydrogens is 1690 g/mol. The van der Waals surface area contributed by atoms with Gasteiger partial charge < -0.3 is 71.9 Å². The van der Waals surface area contributed by atoms with Gasteiger partial charge in [0.05, 0.1) is 147 Å². The number of aliphatic imine (C=N–C) groups is 4. The van der Waals surface area contributed by atoms with Crippen LogP contribution in [0.4, 0.5) is 41.2 Å². The molecule has 9 N–H and O–H groups in total. The molecule has 37 heteroatoms. The molecule has 11 aliphatic heterocycles. The zero-order valence-corrected chi connectivity index (χ0v) is 77.7. The van der Waals surface area contributed by atoms with Gasteiger partial charge in [0.2, 0.25) is 23.8 Å². The van der Waals surface area contributed by atoms with E-state index in [-0.39, 0.29) is 86.4 Å². The fourth-order valence-electron chi connectivity index (χ4n) is 21.4. The zero-order chi connectivity index (χ0) is 90.5. The molecule has 1 aliphatic carbocycles. The SMILES string of the molecule is CCNc1nccc(C2=NCc3nc(N4CCC5(CC4)CO[C@@H](C)[C@H]5N)n(C)c(=O)c32)c1Cl.C[C@@H]1OCC2(CCN(c3nc4c(c(=O)n3C)C(c3ccnc(N(C)C)c3Cl)=NC4)CC2)[C@@H]1N.C[C@@H]1OCC2(CCN(c3nc4c(c(=O)n3C)C(c3ccncc3)=NC4)CC2)[C@@H]1N.C[C@H]1C[C@@H](N)C2(CCN(c3nc4c(c(=O)n3C)C(c3ccnc(N(C)C)c3Cl)=NC4)CC2)C1. The number of nitrogens with one attached hydrogen (secondary N) is 1. The molecule has 0 unspecified atom stereocenters. The van der Waals surface area contributed by atoms with Gasteiger partial charge in [-0.25, -0.2) is 34.9 Å². The first kappa shape index (κ1) is 89.9. The number of pyridine rings is 4. The van der Waals surface area contributed by atoms with E-state index in [0.29, 0.717) is 175 Å². The number of aromatic nitrogens is 12. The zero-order valence-electron chi connectivity index (χ0n) is 75.4. The number of nitrogens with two attached hydrogens (primary N) is 4. The first-order valence-corrected chi connectivity index (χ1v) is 45.8. The minimum Gasteiger partial charge on any atom is -0.376 e. The van der Waals surface area contributed by atoms with Crippen LogP contribution in [0.2, 0.25) is 15.1 Å². The van der Waals surface area contributed by atoms with Gasteiger partial charge in [0.25, 0.3) is 22.2 Å². The van der Waals surface area contributed by atoms with Crippen LogP contribution >= 0.6 is 34.8 Å². The average Bonchev–Trinajstić information content (AvgIpc) is 1.58. The Morgan fingerprint density at radius 2 is 0.734 bits per heavy atom. The molecule has 1 saturated carbocycles. The van der Waals surface area contributed by atoms with Gasteiger partial charge >= 0.3 is 0 Å². The molecule has 20 rings (SSSR count). The molecule has 8 atom stereocenters. The van der Waals surface area contributed by atoms with Crippen LogP contribution in [0.15, 0.2) is 100 Å². The summed E-state index contributed by atoms with van der Waals surface area (Å²) in [5, 5.41) is 4.57. The van der Waals surface area contributed by atoms with Gasteiger partial charge in [0.1, 0.15) is 17.5 Å². The van der Waals surface area contributed by atoms with Crippen molar-refractivity contribution in [2.24, 2.45) is 98.7 Å². The van der Waals surface area contributed by atoms with Crippen molar-refractivity contribution >= 4 is 98.9 Å². The third kappa shape index (κ3) is 16.0. The molecule has 128 heavy (non-hydrogen) atoms. The second-order valence-electron chi connectivity index (χ2n) is 37.3. The molecule has 8 fully saturated rings. The molecule has 4 spiro atoms. The van der Waals surface area contributed by atoms with Gasteiger partial charge in [-0.3, -0.25) is 62.4 Å². The Hall–Kier alpha value is -10.0. The number of anilines is 7. The van der Waals surface area contributed by atoms with Gasteiger partial charge in [0, 0.05) is 209 Å². The molecule has 8 aromatic heterocycles. The lowest BCUT2D eigenvalue weighted by Crippen LogP contribution is -2.51. The number of halogens is 3. The summed E-state index contributed by atoms with van der Waals surface area (Å²) in [6.45, 7) is 21.3. The Kier molecular flexibility index (Phi) is 25.1. The second-order valence-corrected chi connectivity index (χ2v) is 38.4. The number of ether oxygens (including phenoxy) is 3. The van der Waals surface area contributed by atoms with Crippen molar-refractivity contribution in [2.75, 3.05) is 142 Å². The summed E-state index contributed by atoms with van der Waals surface area (Å²) in [4.78, 5) is 121. The third-order valence-electron chi connectivity index (χ3n) is 29.3. The molecule has 19 heterocycles. The molecule has 0 bridgehead atoms. The third-order valence-corrected chi connectivity index (χ3v) is 30.4. The summed E-state index contributed by atoms with van der Waals surface area (Å²) < 4.78 is 24.1. The number of piperidine rings is 4. The first-order chi connectivity index (χ1) is 61.3. The van der Waals surface area contributed by atoms with Gasteiger partial charge in [-0.15, -0.1) is 0 Å². The predicted octanol–water partition coefficient (Wildman–Crippen LogP) is 6.97. The van der Waals surface area contributed by atoms with Crippen molar-refractivity contribution in [3.63, 3.8) is 0 Å². The number of fused-ring (bicyclic) bond motifs is 4. The van der Waals surface area contributed by atoms with Crippen molar-refractivity contribution in [1.82, 2.24) is 58.1 Å². The van der Waals surface area contributed by atoms with E-state index in [1.54, 1.807) is 89.6 Å². The monoisotopic (exact) mass is 1810 g/mol. The second kappa shape index (κ2) is 35.7. The lowest BCUT2D eigenvalue weighted by atomic mass is 9.73. The molecule has 0 aromatic carbocycles. The predicted molar refractivity (Wildman–Crippen MR) is 502 cm³/mol. The minimum atomic E-state index is -0.112. The number of hydrogen-bond acceptors (Lipinski definition) is 30. The summed E-state index contributed by atoms with van der Waals surface area (Å²) in [5.74, 6) is 5.36. The molecule has 12 aliphatic rings.